The first-order valence-electron chi connectivity index (χ1n) is 5.64. The second kappa shape index (κ2) is 4.42. The van der Waals surface area contributed by atoms with Gasteiger partial charge in [-0.25, -0.2) is 4.98 Å². The van der Waals surface area contributed by atoms with E-state index in [4.69, 9.17) is 11.6 Å². The van der Waals surface area contributed by atoms with Gasteiger partial charge in [0.05, 0.1) is 10.7 Å². The van der Waals surface area contributed by atoms with E-state index in [0.717, 1.165) is 12.3 Å². The van der Waals surface area contributed by atoms with E-state index in [1.54, 1.807) is 0 Å². The van der Waals surface area contributed by atoms with E-state index < -0.39 is 0 Å². The van der Waals surface area contributed by atoms with Crippen LogP contribution in [0.25, 0.3) is 0 Å². The SMILES string of the molecule is Cc1nc(CC2(CCl)CCCC2)sc1C. The molecule has 0 atom stereocenters. The molecule has 3 heteroatoms. The van der Waals surface area contributed by atoms with Crippen molar-refractivity contribution in [1.29, 1.82) is 0 Å². The van der Waals surface area contributed by atoms with E-state index in [-0.39, 0.29) is 0 Å². The number of hydrogen-bond acceptors (Lipinski definition) is 2. The van der Waals surface area contributed by atoms with Gasteiger partial charge in [0.2, 0.25) is 0 Å². The van der Waals surface area contributed by atoms with E-state index in [0.29, 0.717) is 5.41 Å². The molecule has 1 fully saturated rings. The van der Waals surface area contributed by atoms with Gasteiger partial charge in [-0.3, -0.25) is 0 Å². The minimum atomic E-state index is 0.359. The summed E-state index contributed by atoms with van der Waals surface area (Å²) in [7, 11) is 0. The van der Waals surface area contributed by atoms with Crippen molar-refractivity contribution in [2.45, 2.75) is 46.0 Å². The maximum Gasteiger partial charge on any atom is 0.0936 e. The number of aromatic nitrogens is 1. The molecule has 1 heterocycles. The number of aryl methyl sites for hydroxylation is 2. The van der Waals surface area contributed by atoms with Gasteiger partial charge in [0.25, 0.3) is 0 Å². The van der Waals surface area contributed by atoms with Crippen molar-refractivity contribution in [3.8, 4) is 0 Å². The number of thiazole rings is 1. The highest BCUT2D eigenvalue weighted by Crippen LogP contribution is 2.42. The molecule has 1 aliphatic rings. The van der Waals surface area contributed by atoms with Crippen LogP contribution >= 0.6 is 22.9 Å². The molecule has 0 unspecified atom stereocenters. The standard InChI is InChI=1S/C12H18ClNS/c1-9-10(2)15-11(14-9)7-12(8-13)5-3-4-6-12/h3-8H2,1-2H3. The second-order valence-corrected chi connectivity index (χ2v) is 6.32. The second-order valence-electron chi connectivity index (χ2n) is 4.77. The molecule has 0 bridgehead atoms. The van der Waals surface area contributed by atoms with Crippen LogP contribution in [0.2, 0.25) is 0 Å². The Morgan fingerprint density at radius 2 is 2.00 bits per heavy atom. The van der Waals surface area contributed by atoms with Crippen LogP contribution < -0.4 is 0 Å². The molecule has 1 aliphatic carbocycles. The summed E-state index contributed by atoms with van der Waals surface area (Å²) in [5, 5.41) is 1.28. The van der Waals surface area contributed by atoms with Crippen molar-refractivity contribution in [3.05, 3.63) is 15.6 Å². The number of rotatable bonds is 3. The zero-order chi connectivity index (χ0) is 10.9. The van der Waals surface area contributed by atoms with Crippen LogP contribution in [0.4, 0.5) is 0 Å². The van der Waals surface area contributed by atoms with Gasteiger partial charge in [0.15, 0.2) is 0 Å². The first-order valence-corrected chi connectivity index (χ1v) is 6.99. The van der Waals surface area contributed by atoms with Crippen molar-refractivity contribution < 1.29 is 0 Å². The fourth-order valence-electron chi connectivity index (χ4n) is 2.42. The fraction of sp³-hybridized carbons (Fsp3) is 0.750. The van der Waals surface area contributed by atoms with Crippen LogP contribution in [-0.4, -0.2) is 10.9 Å². The number of alkyl halides is 1. The lowest BCUT2D eigenvalue weighted by Crippen LogP contribution is -2.21. The highest BCUT2D eigenvalue weighted by molar-refractivity contribution is 7.11. The Balaban J connectivity index is 2.12. The van der Waals surface area contributed by atoms with Gasteiger partial charge < -0.3 is 0 Å². The molecule has 0 amide bonds. The van der Waals surface area contributed by atoms with E-state index in [1.807, 2.05) is 11.3 Å². The Bertz CT molecular complexity index is 320. The van der Waals surface area contributed by atoms with Crippen LogP contribution in [-0.2, 0) is 6.42 Å². The van der Waals surface area contributed by atoms with Gasteiger partial charge >= 0.3 is 0 Å². The molecule has 2 rings (SSSR count). The highest BCUT2D eigenvalue weighted by atomic mass is 35.5. The van der Waals surface area contributed by atoms with Crippen molar-refractivity contribution in [2.75, 3.05) is 5.88 Å². The van der Waals surface area contributed by atoms with E-state index >= 15 is 0 Å². The maximum absolute atomic E-state index is 6.14. The Morgan fingerprint density at radius 3 is 2.47 bits per heavy atom. The van der Waals surface area contributed by atoms with E-state index in [1.165, 1.54) is 41.3 Å². The van der Waals surface area contributed by atoms with Crippen LogP contribution in [0.15, 0.2) is 0 Å². The lowest BCUT2D eigenvalue weighted by molar-refractivity contribution is 0.340. The molecule has 15 heavy (non-hydrogen) atoms. The predicted molar refractivity (Wildman–Crippen MR) is 66.9 cm³/mol. The third-order valence-corrected chi connectivity index (χ3v) is 5.19. The number of hydrogen-bond donors (Lipinski definition) is 0. The molecule has 0 aliphatic heterocycles. The van der Waals surface area contributed by atoms with Gasteiger partial charge in [-0.05, 0) is 32.1 Å². The molecule has 1 aromatic heterocycles. The first-order chi connectivity index (χ1) is 7.15. The zero-order valence-electron chi connectivity index (χ0n) is 9.48. The summed E-state index contributed by atoms with van der Waals surface area (Å²) in [6, 6.07) is 0. The number of nitrogens with zero attached hydrogens (tertiary/aromatic N) is 1. The van der Waals surface area contributed by atoms with Crippen molar-refractivity contribution in [1.82, 2.24) is 4.98 Å². The number of halogens is 1. The molecule has 0 spiro atoms. The Kier molecular flexibility index (Phi) is 3.36. The Hall–Kier alpha value is -0.0800. The largest absolute Gasteiger partial charge is 0.246 e. The molecule has 84 valence electrons. The summed E-state index contributed by atoms with van der Waals surface area (Å²) in [5.74, 6) is 0.796. The monoisotopic (exact) mass is 243 g/mol. The topological polar surface area (TPSA) is 12.9 Å². The van der Waals surface area contributed by atoms with Gasteiger partial charge in [0.1, 0.15) is 0 Å². The molecule has 0 saturated heterocycles. The molecular weight excluding hydrogens is 226 g/mol. The van der Waals surface area contributed by atoms with Gasteiger partial charge in [0, 0.05) is 17.2 Å². The van der Waals surface area contributed by atoms with Crippen molar-refractivity contribution in [3.63, 3.8) is 0 Å². The maximum atomic E-state index is 6.14. The summed E-state index contributed by atoms with van der Waals surface area (Å²) in [5.41, 5.74) is 1.55. The third kappa shape index (κ3) is 2.36. The summed E-state index contributed by atoms with van der Waals surface area (Å²) in [6.07, 6.45) is 6.35. The van der Waals surface area contributed by atoms with E-state index in [9.17, 15) is 0 Å². The van der Waals surface area contributed by atoms with Crippen LogP contribution in [0.5, 0.6) is 0 Å². The van der Waals surface area contributed by atoms with Crippen LogP contribution in [0, 0.1) is 19.3 Å². The van der Waals surface area contributed by atoms with Gasteiger partial charge in [-0.1, -0.05) is 12.8 Å². The summed E-state index contributed by atoms with van der Waals surface area (Å²) < 4.78 is 0. The fourth-order valence-corrected chi connectivity index (χ4v) is 3.89. The summed E-state index contributed by atoms with van der Waals surface area (Å²) in [6.45, 7) is 4.25. The molecular formula is C12H18ClNS. The smallest absolute Gasteiger partial charge is 0.0936 e. The minimum absolute atomic E-state index is 0.359. The molecule has 1 nitrogen and oxygen atoms in total. The normalized spacial score (nSPS) is 19.7. The third-order valence-electron chi connectivity index (χ3n) is 3.55. The average Bonchev–Trinajstić information content (AvgIpc) is 2.77. The minimum Gasteiger partial charge on any atom is -0.246 e. The summed E-state index contributed by atoms with van der Waals surface area (Å²) in [4.78, 5) is 5.98. The molecule has 0 radical (unpaired) electrons. The Labute approximate surface area is 101 Å². The quantitative estimate of drug-likeness (QED) is 0.729. The lowest BCUT2D eigenvalue weighted by atomic mass is 9.85. The predicted octanol–water partition coefficient (Wildman–Crippen LogP) is 4.10. The molecule has 1 saturated carbocycles. The molecule has 0 aromatic carbocycles. The zero-order valence-corrected chi connectivity index (χ0v) is 11.0. The lowest BCUT2D eigenvalue weighted by Gasteiger charge is -2.24. The van der Waals surface area contributed by atoms with Crippen LogP contribution in [0.1, 0.15) is 41.3 Å². The van der Waals surface area contributed by atoms with Gasteiger partial charge in [-0.2, -0.15) is 0 Å². The molecule has 1 aromatic rings. The first kappa shape index (κ1) is 11.4. The summed E-state index contributed by atoms with van der Waals surface area (Å²) >= 11 is 7.98. The van der Waals surface area contributed by atoms with Crippen LogP contribution in [0.3, 0.4) is 0 Å². The molecule has 0 N–H and O–H groups in total. The highest BCUT2D eigenvalue weighted by Gasteiger charge is 2.34. The average molecular weight is 244 g/mol. The van der Waals surface area contributed by atoms with Gasteiger partial charge in [-0.15, -0.1) is 22.9 Å². The van der Waals surface area contributed by atoms with Crippen molar-refractivity contribution in [2.24, 2.45) is 5.41 Å². The van der Waals surface area contributed by atoms with Crippen molar-refractivity contribution >= 4 is 22.9 Å². The Morgan fingerprint density at radius 1 is 1.33 bits per heavy atom. The van der Waals surface area contributed by atoms with E-state index in [2.05, 4.69) is 18.8 Å².